The highest BCUT2D eigenvalue weighted by Gasteiger charge is 2.31. The highest BCUT2D eigenvalue weighted by atomic mass is 35.5. The van der Waals surface area contributed by atoms with Crippen LogP contribution in [0.3, 0.4) is 0 Å². The molecule has 1 saturated carbocycles. The van der Waals surface area contributed by atoms with Crippen molar-refractivity contribution in [3.05, 3.63) is 29.8 Å². The molecule has 2 rings (SSSR count). The zero-order valence-corrected chi connectivity index (χ0v) is 11.5. The molecular formula is C13H17ClF2N2O2. The summed E-state index contributed by atoms with van der Waals surface area (Å²) >= 11 is 0. The zero-order valence-electron chi connectivity index (χ0n) is 10.7. The van der Waals surface area contributed by atoms with Gasteiger partial charge in [0.2, 0.25) is 0 Å². The van der Waals surface area contributed by atoms with E-state index in [1.54, 1.807) is 6.07 Å². The lowest BCUT2D eigenvalue weighted by Crippen LogP contribution is -2.41. The molecule has 0 aliphatic heterocycles. The minimum atomic E-state index is -2.96. The van der Waals surface area contributed by atoms with E-state index >= 15 is 0 Å². The van der Waals surface area contributed by atoms with Crippen molar-refractivity contribution in [1.29, 1.82) is 0 Å². The fraction of sp³-hybridized carbons (Fsp3) is 0.462. The Kier molecular flexibility index (Phi) is 6.16. The summed E-state index contributed by atoms with van der Waals surface area (Å²) in [7, 11) is 0. The molecule has 4 nitrogen and oxygen atoms in total. The molecule has 1 atom stereocenters. The first-order valence-electron chi connectivity index (χ1n) is 6.16. The van der Waals surface area contributed by atoms with E-state index < -0.39 is 12.5 Å². The maximum absolute atomic E-state index is 12.3. The molecule has 0 bridgehead atoms. The number of ether oxygens (including phenoxy) is 1. The van der Waals surface area contributed by atoms with Gasteiger partial charge < -0.3 is 15.8 Å². The van der Waals surface area contributed by atoms with Crippen molar-refractivity contribution >= 4 is 18.3 Å². The monoisotopic (exact) mass is 306 g/mol. The van der Waals surface area contributed by atoms with Gasteiger partial charge in [-0.15, -0.1) is 12.4 Å². The molecule has 0 heterocycles. The Morgan fingerprint density at radius 3 is 2.60 bits per heavy atom. The second-order valence-corrected chi connectivity index (χ2v) is 4.53. The number of carbonyl (C=O) groups is 1. The average Bonchev–Trinajstić information content (AvgIpc) is 3.20. The van der Waals surface area contributed by atoms with Crippen LogP contribution in [0.15, 0.2) is 24.3 Å². The Labute approximate surface area is 122 Å². The molecule has 1 unspecified atom stereocenters. The third kappa shape index (κ3) is 4.31. The summed E-state index contributed by atoms with van der Waals surface area (Å²) in [6.07, 6.45) is 2.08. The summed E-state index contributed by atoms with van der Waals surface area (Å²) in [6, 6.07) is 5.83. The number of hydrogen-bond acceptors (Lipinski definition) is 3. The van der Waals surface area contributed by atoms with Gasteiger partial charge in [-0.05, 0) is 30.9 Å². The maximum atomic E-state index is 12.3. The number of para-hydroxylation sites is 1. The molecule has 0 saturated heterocycles. The van der Waals surface area contributed by atoms with Gasteiger partial charge in [-0.2, -0.15) is 8.78 Å². The summed E-state index contributed by atoms with van der Waals surface area (Å²) < 4.78 is 28.8. The van der Waals surface area contributed by atoms with Crippen molar-refractivity contribution in [1.82, 2.24) is 5.32 Å². The van der Waals surface area contributed by atoms with Gasteiger partial charge >= 0.3 is 6.61 Å². The van der Waals surface area contributed by atoms with Gasteiger partial charge in [-0.1, -0.05) is 12.1 Å². The van der Waals surface area contributed by atoms with Gasteiger partial charge in [-0.3, -0.25) is 4.79 Å². The van der Waals surface area contributed by atoms with Crippen LogP contribution in [0.2, 0.25) is 0 Å². The Hall–Kier alpha value is -1.40. The van der Waals surface area contributed by atoms with Gasteiger partial charge in [-0.25, -0.2) is 0 Å². The smallest absolute Gasteiger partial charge is 0.387 e. The number of hydrogen-bond donors (Lipinski definition) is 2. The Balaban J connectivity index is 0.00000200. The van der Waals surface area contributed by atoms with Crippen molar-refractivity contribution in [3.8, 4) is 5.75 Å². The number of alkyl halides is 2. The number of nitrogens with two attached hydrogens (primary N) is 1. The van der Waals surface area contributed by atoms with E-state index in [-0.39, 0.29) is 29.8 Å². The molecule has 1 aliphatic carbocycles. The van der Waals surface area contributed by atoms with Crippen molar-refractivity contribution in [2.24, 2.45) is 11.7 Å². The van der Waals surface area contributed by atoms with E-state index in [1.165, 1.54) is 18.2 Å². The third-order valence-corrected chi connectivity index (χ3v) is 3.11. The lowest BCUT2D eigenvalue weighted by atomic mass is 10.1. The van der Waals surface area contributed by atoms with Crippen molar-refractivity contribution in [2.75, 3.05) is 6.54 Å². The van der Waals surface area contributed by atoms with Crippen LogP contribution in [-0.4, -0.2) is 25.1 Å². The predicted octanol–water partition coefficient (Wildman–Crippen LogP) is 2.18. The van der Waals surface area contributed by atoms with Gasteiger partial charge in [0.05, 0.1) is 5.56 Å². The number of benzene rings is 1. The van der Waals surface area contributed by atoms with Crippen molar-refractivity contribution in [2.45, 2.75) is 25.5 Å². The number of nitrogens with one attached hydrogen (secondary N) is 1. The topological polar surface area (TPSA) is 64.3 Å². The normalized spacial score (nSPS) is 15.4. The summed E-state index contributed by atoms with van der Waals surface area (Å²) in [4.78, 5) is 12.1. The number of amides is 1. The van der Waals surface area contributed by atoms with Gasteiger partial charge in [0.1, 0.15) is 5.75 Å². The highest BCUT2D eigenvalue weighted by molar-refractivity contribution is 5.97. The Morgan fingerprint density at radius 1 is 1.40 bits per heavy atom. The molecule has 1 fully saturated rings. The van der Waals surface area contributed by atoms with E-state index in [9.17, 15) is 13.6 Å². The fourth-order valence-electron chi connectivity index (χ4n) is 1.97. The van der Waals surface area contributed by atoms with Gasteiger partial charge in [0.25, 0.3) is 5.91 Å². The van der Waals surface area contributed by atoms with E-state index in [0.29, 0.717) is 12.5 Å². The van der Waals surface area contributed by atoms with Crippen LogP contribution in [-0.2, 0) is 0 Å². The molecule has 3 N–H and O–H groups in total. The summed E-state index contributed by atoms with van der Waals surface area (Å²) in [5.41, 5.74) is 5.69. The summed E-state index contributed by atoms with van der Waals surface area (Å²) in [5.74, 6) is -0.155. The summed E-state index contributed by atoms with van der Waals surface area (Å²) in [5, 5.41) is 2.77. The second kappa shape index (κ2) is 7.40. The Bertz CT molecular complexity index is 456. The van der Waals surface area contributed by atoms with E-state index in [2.05, 4.69) is 10.1 Å². The molecule has 1 aromatic carbocycles. The van der Waals surface area contributed by atoms with Crippen LogP contribution >= 0.6 is 12.4 Å². The standard InChI is InChI=1S/C13H16F2N2O2.ClH/c14-13(15)19-11-4-2-1-3-9(11)12(18)17-10(7-16)8-5-6-8;/h1-4,8,10,13H,5-7,16H2,(H,17,18);1H. The van der Waals surface area contributed by atoms with Crippen LogP contribution in [0.25, 0.3) is 0 Å². The van der Waals surface area contributed by atoms with Crippen LogP contribution < -0.4 is 15.8 Å². The second-order valence-electron chi connectivity index (χ2n) is 4.53. The van der Waals surface area contributed by atoms with Gasteiger partial charge in [0.15, 0.2) is 0 Å². The third-order valence-electron chi connectivity index (χ3n) is 3.11. The molecule has 0 radical (unpaired) electrons. The van der Waals surface area contributed by atoms with Crippen molar-refractivity contribution < 1.29 is 18.3 Å². The van der Waals surface area contributed by atoms with E-state index in [4.69, 9.17) is 5.73 Å². The molecule has 112 valence electrons. The lowest BCUT2D eigenvalue weighted by Gasteiger charge is -2.17. The quantitative estimate of drug-likeness (QED) is 0.846. The van der Waals surface area contributed by atoms with E-state index in [1.807, 2.05) is 0 Å². The molecule has 1 amide bonds. The number of rotatable bonds is 6. The largest absolute Gasteiger partial charge is 0.434 e. The van der Waals surface area contributed by atoms with Crippen LogP contribution in [0, 0.1) is 5.92 Å². The lowest BCUT2D eigenvalue weighted by molar-refractivity contribution is -0.0501. The first-order chi connectivity index (χ1) is 9.11. The zero-order chi connectivity index (χ0) is 13.8. The van der Waals surface area contributed by atoms with Gasteiger partial charge in [0, 0.05) is 12.6 Å². The van der Waals surface area contributed by atoms with Crippen LogP contribution in [0.4, 0.5) is 8.78 Å². The van der Waals surface area contributed by atoms with Crippen molar-refractivity contribution in [3.63, 3.8) is 0 Å². The minimum Gasteiger partial charge on any atom is -0.434 e. The highest BCUT2D eigenvalue weighted by Crippen LogP contribution is 2.32. The molecule has 20 heavy (non-hydrogen) atoms. The van der Waals surface area contributed by atoms with E-state index in [0.717, 1.165) is 12.8 Å². The van der Waals surface area contributed by atoms with Crippen LogP contribution in [0.5, 0.6) is 5.75 Å². The first-order valence-corrected chi connectivity index (χ1v) is 6.16. The SMILES string of the molecule is Cl.NCC(NC(=O)c1ccccc1OC(F)F)C1CC1. The van der Waals surface area contributed by atoms with Crippen LogP contribution in [0.1, 0.15) is 23.2 Å². The predicted molar refractivity (Wildman–Crippen MR) is 73.4 cm³/mol. The number of carbonyl (C=O) groups excluding carboxylic acids is 1. The number of halogens is 3. The maximum Gasteiger partial charge on any atom is 0.387 e. The molecule has 7 heteroatoms. The Morgan fingerprint density at radius 2 is 2.05 bits per heavy atom. The molecule has 0 spiro atoms. The fourth-order valence-corrected chi connectivity index (χ4v) is 1.97. The average molecular weight is 307 g/mol. The molecule has 1 aromatic rings. The first kappa shape index (κ1) is 16.7. The molecule has 0 aromatic heterocycles. The summed E-state index contributed by atoms with van der Waals surface area (Å²) in [6.45, 7) is -2.61. The minimum absolute atomic E-state index is 0. The molecule has 1 aliphatic rings. The molecular weight excluding hydrogens is 290 g/mol.